The van der Waals surface area contributed by atoms with Gasteiger partial charge in [-0.3, -0.25) is 9.97 Å². The van der Waals surface area contributed by atoms with Crippen molar-refractivity contribution in [2.24, 2.45) is 5.18 Å². The molecule has 0 saturated carbocycles. The van der Waals surface area contributed by atoms with Gasteiger partial charge in [-0.2, -0.15) is 9.13 Å². The van der Waals surface area contributed by atoms with Gasteiger partial charge in [0.1, 0.15) is 11.4 Å². The number of para-hydroxylation sites is 1. The number of pyridine rings is 4. The van der Waals surface area contributed by atoms with Crippen LogP contribution < -0.4 is 14.9 Å². The predicted molar refractivity (Wildman–Crippen MR) is 151 cm³/mol. The summed E-state index contributed by atoms with van der Waals surface area (Å²) in [5.41, 5.74) is 14.7. The lowest BCUT2D eigenvalue weighted by Crippen LogP contribution is -2.31. The molecule has 39 heavy (non-hydrogen) atoms. The van der Waals surface area contributed by atoms with Crippen molar-refractivity contribution in [3.63, 3.8) is 0 Å². The summed E-state index contributed by atoms with van der Waals surface area (Å²) in [6.45, 7) is 0. The van der Waals surface area contributed by atoms with E-state index >= 15 is 0 Å². The van der Waals surface area contributed by atoms with Crippen LogP contribution in [0.2, 0.25) is 0 Å². The zero-order valence-corrected chi connectivity index (χ0v) is 20.9. The van der Waals surface area contributed by atoms with Crippen molar-refractivity contribution in [3.8, 4) is 44.8 Å². The Morgan fingerprint density at radius 2 is 1.26 bits per heavy atom. The van der Waals surface area contributed by atoms with Crippen molar-refractivity contribution in [2.45, 2.75) is 0 Å². The van der Waals surface area contributed by atoms with Crippen LogP contribution in [0.4, 0.5) is 11.4 Å². The van der Waals surface area contributed by atoms with Gasteiger partial charge in [-0.1, -0.05) is 18.2 Å². The highest BCUT2D eigenvalue weighted by Crippen LogP contribution is 2.38. The third kappa shape index (κ3) is 4.76. The zero-order valence-electron chi connectivity index (χ0n) is 20.9. The molecule has 0 aliphatic carbocycles. The summed E-state index contributed by atoms with van der Waals surface area (Å²) in [6.07, 6.45) is 15.1. The Labute approximate surface area is 225 Å². The highest BCUT2D eigenvalue weighted by atomic mass is 16.3. The number of hydrogen-bond donors (Lipinski definition) is 1. The number of anilines is 1. The number of nitroso groups, excluding NO2 is 1. The lowest BCUT2D eigenvalue weighted by molar-refractivity contribution is -0.595. The minimum atomic E-state index is 0.255. The topological polar surface area (TPSA) is 89.0 Å². The van der Waals surface area contributed by atoms with E-state index in [-0.39, 0.29) is 5.69 Å². The molecular formula is C32H24N6O+2. The van der Waals surface area contributed by atoms with Gasteiger partial charge < -0.3 is 5.73 Å². The summed E-state index contributed by atoms with van der Waals surface area (Å²) in [6, 6.07) is 27.6. The third-order valence-corrected chi connectivity index (χ3v) is 6.64. The first-order valence-electron chi connectivity index (χ1n) is 12.4. The molecule has 186 valence electrons. The SMILES string of the molecule is Nc1cc(N=O)cc(-c2cnccc2-c2cc[n+](-c3ccccc3)cc2)c1-[n+]1ccc(-c2ccncc2)cc1. The fourth-order valence-corrected chi connectivity index (χ4v) is 4.74. The first kappa shape index (κ1) is 23.8. The Kier molecular flexibility index (Phi) is 6.37. The average molecular weight is 509 g/mol. The van der Waals surface area contributed by atoms with Crippen molar-refractivity contribution in [2.75, 3.05) is 5.73 Å². The van der Waals surface area contributed by atoms with E-state index in [0.29, 0.717) is 5.69 Å². The molecule has 7 heteroatoms. The van der Waals surface area contributed by atoms with Crippen molar-refractivity contribution >= 4 is 11.4 Å². The molecule has 0 aliphatic rings. The molecule has 0 atom stereocenters. The molecule has 0 amide bonds. The monoisotopic (exact) mass is 508 g/mol. The smallest absolute Gasteiger partial charge is 0.241 e. The van der Waals surface area contributed by atoms with Gasteiger partial charge in [-0.15, -0.1) is 4.91 Å². The van der Waals surface area contributed by atoms with E-state index in [9.17, 15) is 4.91 Å². The molecule has 0 aliphatic heterocycles. The third-order valence-electron chi connectivity index (χ3n) is 6.64. The van der Waals surface area contributed by atoms with Gasteiger partial charge in [0.15, 0.2) is 24.8 Å². The Morgan fingerprint density at radius 3 is 1.97 bits per heavy atom. The molecule has 0 radical (unpaired) electrons. The van der Waals surface area contributed by atoms with Gasteiger partial charge >= 0.3 is 0 Å². The second kappa shape index (κ2) is 10.4. The van der Waals surface area contributed by atoms with Crippen LogP contribution in [-0.2, 0) is 0 Å². The van der Waals surface area contributed by atoms with E-state index in [1.54, 1.807) is 36.9 Å². The van der Waals surface area contributed by atoms with Gasteiger partial charge in [0.2, 0.25) is 11.4 Å². The number of hydrogen-bond acceptors (Lipinski definition) is 5. The maximum absolute atomic E-state index is 11.6. The molecule has 6 aromatic rings. The van der Waals surface area contributed by atoms with Gasteiger partial charge in [-0.25, -0.2) is 0 Å². The van der Waals surface area contributed by atoms with E-state index in [0.717, 1.165) is 44.8 Å². The summed E-state index contributed by atoms with van der Waals surface area (Å²) < 4.78 is 4.01. The van der Waals surface area contributed by atoms with Crippen LogP contribution in [0.3, 0.4) is 0 Å². The minimum absolute atomic E-state index is 0.255. The normalized spacial score (nSPS) is 10.8. The molecule has 7 nitrogen and oxygen atoms in total. The number of nitrogens with zero attached hydrogens (tertiary/aromatic N) is 5. The van der Waals surface area contributed by atoms with E-state index in [4.69, 9.17) is 5.73 Å². The Morgan fingerprint density at radius 1 is 0.615 bits per heavy atom. The summed E-state index contributed by atoms with van der Waals surface area (Å²) in [4.78, 5) is 20.1. The van der Waals surface area contributed by atoms with Crippen LogP contribution in [0, 0.1) is 4.91 Å². The molecule has 6 rings (SSSR count). The molecule has 0 spiro atoms. The van der Waals surface area contributed by atoms with Crippen LogP contribution in [0.5, 0.6) is 0 Å². The standard InChI is InChI=1S/C32H24N6O/c33-31-21-26(36-39)20-29(32(31)38-18-9-24(10-19-38)23-6-13-34-14-7-23)30-22-35-15-8-28(30)25-11-16-37(17-12-25)27-4-2-1-3-5-27/h1-22H,33H2/q+2. The van der Waals surface area contributed by atoms with Crippen molar-refractivity contribution < 1.29 is 9.13 Å². The summed E-state index contributed by atoms with van der Waals surface area (Å²) in [5.74, 6) is 0. The predicted octanol–water partition coefficient (Wildman–Crippen LogP) is 6.01. The van der Waals surface area contributed by atoms with Crippen LogP contribution in [0.15, 0.2) is 140 Å². The van der Waals surface area contributed by atoms with Gasteiger partial charge in [0.25, 0.3) is 0 Å². The van der Waals surface area contributed by atoms with Gasteiger partial charge in [0.05, 0.1) is 5.56 Å². The summed E-state index contributed by atoms with van der Waals surface area (Å²) >= 11 is 0. The number of nitrogen functional groups attached to an aromatic ring is 1. The summed E-state index contributed by atoms with van der Waals surface area (Å²) in [5, 5.41) is 3.18. The van der Waals surface area contributed by atoms with Crippen LogP contribution in [0.25, 0.3) is 44.8 Å². The molecule has 4 heterocycles. The molecule has 2 N–H and O–H groups in total. The molecule has 0 saturated heterocycles. The average Bonchev–Trinajstić information content (AvgIpc) is 3.02. The van der Waals surface area contributed by atoms with E-state index in [2.05, 4.69) is 44.0 Å². The van der Waals surface area contributed by atoms with E-state index < -0.39 is 0 Å². The molecule has 0 bridgehead atoms. The first-order valence-corrected chi connectivity index (χ1v) is 12.4. The van der Waals surface area contributed by atoms with E-state index in [1.165, 1.54) is 0 Å². The van der Waals surface area contributed by atoms with Crippen molar-refractivity contribution in [1.29, 1.82) is 0 Å². The van der Waals surface area contributed by atoms with E-state index in [1.807, 2.05) is 77.9 Å². The largest absolute Gasteiger partial charge is 0.393 e. The highest BCUT2D eigenvalue weighted by Gasteiger charge is 2.23. The molecular weight excluding hydrogens is 484 g/mol. The maximum Gasteiger partial charge on any atom is 0.241 e. The molecule has 0 unspecified atom stereocenters. The number of benzene rings is 2. The Balaban J connectivity index is 1.46. The second-order valence-electron chi connectivity index (χ2n) is 9.00. The number of nitrogens with two attached hydrogens (primary N) is 1. The molecule has 4 aromatic heterocycles. The molecule has 2 aromatic carbocycles. The minimum Gasteiger partial charge on any atom is -0.393 e. The number of aromatic nitrogens is 4. The van der Waals surface area contributed by atoms with Crippen LogP contribution >= 0.6 is 0 Å². The summed E-state index contributed by atoms with van der Waals surface area (Å²) in [7, 11) is 0. The first-order chi connectivity index (χ1) is 19.2. The lowest BCUT2D eigenvalue weighted by Gasteiger charge is -2.13. The van der Waals surface area contributed by atoms with Gasteiger partial charge in [0, 0.05) is 66.7 Å². The Bertz CT molecular complexity index is 1750. The van der Waals surface area contributed by atoms with Crippen LogP contribution in [-0.4, -0.2) is 9.97 Å². The quantitative estimate of drug-likeness (QED) is 0.169. The maximum atomic E-state index is 11.6. The van der Waals surface area contributed by atoms with Crippen molar-refractivity contribution in [3.05, 3.63) is 139 Å². The van der Waals surface area contributed by atoms with Crippen molar-refractivity contribution in [1.82, 2.24) is 9.97 Å². The second-order valence-corrected chi connectivity index (χ2v) is 9.00. The molecule has 0 fully saturated rings. The fourth-order valence-electron chi connectivity index (χ4n) is 4.74. The lowest BCUT2D eigenvalue weighted by atomic mass is 9.94. The fraction of sp³-hybridized carbons (Fsp3) is 0. The highest BCUT2D eigenvalue weighted by molar-refractivity contribution is 5.89. The van der Waals surface area contributed by atoms with Gasteiger partial charge in [-0.05, 0) is 57.8 Å². The zero-order chi connectivity index (χ0) is 26.6. The Hall–Kier alpha value is -5.56. The van der Waals surface area contributed by atoms with Crippen LogP contribution in [0.1, 0.15) is 0 Å². The number of rotatable bonds is 6.